The minimum Gasteiger partial charge on any atom is -0.454 e. The summed E-state index contributed by atoms with van der Waals surface area (Å²) in [5, 5.41) is 0.632. The van der Waals surface area contributed by atoms with Gasteiger partial charge < -0.3 is 4.74 Å². The van der Waals surface area contributed by atoms with Gasteiger partial charge in [0.1, 0.15) is 0 Å². The molecule has 6 rings (SSSR count). The number of ether oxygens (including phenoxy) is 1. The van der Waals surface area contributed by atoms with Crippen molar-refractivity contribution in [2.75, 3.05) is 11.5 Å². The van der Waals surface area contributed by atoms with Crippen molar-refractivity contribution in [3.8, 4) is 11.3 Å². The molecule has 41 heavy (non-hydrogen) atoms. The summed E-state index contributed by atoms with van der Waals surface area (Å²) in [7, 11) is 0. The second-order valence-corrected chi connectivity index (χ2v) is 11.1. The summed E-state index contributed by atoms with van der Waals surface area (Å²) in [4.78, 5) is 58.2. The van der Waals surface area contributed by atoms with Crippen molar-refractivity contribution in [1.82, 2.24) is 4.98 Å². The monoisotopic (exact) mass is 546 g/mol. The van der Waals surface area contributed by atoms with Crippen molar-refractivity contribution in [2.24, 2.45) is 17.8 Å². The zero-order valence-electron chi connectivity index (χ0n) is 23.0. The minimum atomic E-state index is -0.616. The molecule has 1 aromatic heterocycles. The van der Waals surface area contributed by atoms with Crippen molar-refractivity contribution in [3.63, 3.8) is 0 Å². The fourth-order valence-electron chi connectivity index (χ4n) is 6.00. The molecule has 3 atom stereocenters. The van der Waals surface area contributed by atoms with Gasteiger partial charge >= 0.3 is 5.97 Å². The van der Waals surface area contributed by atoms with Crippen molar-refractivity contribution < 1.29 is 23.9 Å². The first-order chi connectivity index (χ1) is 19.8. The number of esters is 1. The first kappa shape index (κ1) is 26.6. The number of imide groups is 1. The van der Waals surface area contributed by atoms with Gasteiger partial charge in [-0.15, -0.1) is 0 Å². The van der Waals surface area contributed by atoms with E-state index in [1.165, 1.54) is 4.90 Å². The van der Waals surface area contributed by atoms with Gasteiger partial charge in [0.05, 0.1) is 34.3 Å². The molecule has 2 aliphatic rings. The van der Waals surface area contributed by atoms with Crippen LogP contribution in [0.15, 0.2) is 78.9 Å². The molecule has 2 amide bonds. The number of fused-ring (bicyclic) bond motifs is 2. The first-order valence-corrected chi connectivity index (χ1v) is 13.9. The van der Waals surface area contributed by atoms with E-state index >= 15 is 0 Å². The Hall–Kier alpha value is -4.65. The molecular weight excluding hydrogens is 516 g/mol. The van der Waals surface area contributed by atoms with E-state index in [0.717, 1.165) is 30.4 Å². The second kappa shape index (κ2) is 10.7. The number of ketones is 1. The summed E-state index contributed by atoms with van der Waals surface area (Å²) >= 11 is 0. The van der Waals surface area contributed by atoms with Crippen molar-refractivity contribution >= 4 is 40.2 Å². The molecule has 0 bridgehead atoms. The number of benzene rings is 3. The first-order valence-electron chi connectivity index (χ1n) is 13.9. The van der Waals surface area contributed by atoms with E-state index in [0.29, 0.717) is 39.3 Å². The van der Waals surface area contributed by atoms with Gasteiger partial charge in [-0.05, 0) is 62.4 Å². The van der Waals surface area contributed by atoms with E-state index in [-0.39, 0.29) is 36.0 Å². The topological polar surface area (TPSA) is 93.6 Å². The number of Topliss-reactive ketones (excluding diaryl/α,β-unsaturated/α-hetero) is 1. The van der Waals surface area contributed by atoms with E-state index in [1.807, 2.05) is 31.2 Å². The predicted octanol–water partition coefficient (Wildman–Crippen LogP) is 6.18. The standard InChI is InChI=1S/C34H30N2O5/c1-20-8-14-25-27(17-20)33(39)36(32(25)38)24-12-10-22(11-13-24)30-18-28(26-16-21(2)9-15-29(26)35-30)34(40)41-19-31(37)23-6-4-3-5-7-23/h3-7,9-13,15-16,18,20,25,27H,8,14,17,19H2,1-2H3. The Bertz CT molecular complexity index is 1680. The number of amides is 2. The summed E-state index contributed by atoms with van der Waals surface area (Å²) in [6.45, 7) is 3.69. The van der Waals surface area contributed by atoms with Crippen molar-refractivity contribution in [2.45, 2.75) is 33.1 Å². The fourth-order valence-corrected chi connectivity index (χ4v) is 6.00. The number of anilines is 1. The molecule has 1 saturated heterocycles. The molecule has 0 N–H and O–H groups in total. The van der Waals surface area contributed by atoms with Crippen LogP contribution in [-0.2, 0) is 14.3 Å². The number of hydrogen-bond donors (Lipinski definition) is 0. The molecule has 3 aromatic carbocycles. The van der Waals surface area contributed by atoms with Gasteiger partial charge in [0.15, 0.2) is 12.4 Å². The Labute approximate surface area is 238 Å². The van der Waals surface area contributed by atoms with Crippen LogP contribution in [0.5, 0.6) is 0 Å². The summed E-state index contributed by atoms with van der Waals surface area (Å²) < 4.78 is 5.45. The lowest BCUT2D eigenvalue weighted by Crippen LogP contribution is -2.30. The maximum atomic E-state index is 13.3. The summed E-state index contributed by atoms with van der Waals surface area (Å²) in [5.74, 6) is -1.16. The number of carbonyl (C=O) groups is 4. The average Bonchev–Trinajstić information content (AvgIpc) is 3.24. The largest absolute Gasteiger partial charge is 0.454 e. The molecule has 206 valence electrons. The molecular formula is C34H30N2O5. The van der Waals surface area contributed by atoms with Crippen molar-refractivity contribution in [3.05, 3.63) is 95.6 Å². The molecule has 2 heterocycles. The van der Waals surface area contributed by atoms with Crippen LogP contribution in [0.25, 0.3) is 22.2 Å². The predicted molar refractivity (Wildman–Crippen MR) is 155 cm³/mol. The van der Waals surface area contributed by atoms with E-state index in [4.69, 9.17) is 9.72 Å². The van der Waals surface area contributed by atoms with Gasteiger partial charge in [0.2, 0.25) is 11.8 Å². The van der Waals surface area contributed by atoms with E-state index in [9.17, 15) is 19.2 Å². The SMILES string of the molecule is Cc1ccc2nc(-c3ccc(N4C(=O)C5CCC(C)CC5C4=O)cc3)cc(C(=O)OCC(=O)c3ccccc3)c2c1. The van der Waals surface area contributed by atoms with Crippen LogP contribution in [0, 0.1) is 24.7 Å². The van der Waals surface area contributed by atoms with Crippen LogP contribution in [-0.4, -0.2) is 35.2 Å². The molecule has 1 aliphatic heterocycles. The van der Waals surface area contributed by atoms with Gasteiger partial charge in [0.25, 0.3) is 0 Å². The van der Waals surface area contributed by atoms with Gasteiger partial charge in [0, 0.05) is 16.5 Å². The number of carbonyl (C=O) groups excluding carboxylic acids is 4. The van der Waals surface area contributed by atoms with Gasteiger partial charge in [-0.1, -0.05) is 61.0 Å². The van der Waals surface area contributed by atoms with Crippen LogP contribution < -0.4 is 4.90 Å². The quantitative estimate of drug-likeness (QED) is 0.163. The summed E-state index contributed by atoms with van der Waals surface area (Å²) in [6.07, 6.45) is 2.47. The number of nitrogens with zero attached hydrogens (tertiary/aromatic N) is 2. The Balaban J connectivity index is 1.28. The molecule has 3 unspecified atom stereocenters. The van der Waals surface area contributed by atoms with E-state index < -0.39 is 5.97 Å². The normalized spacial score (nSPS) is 20.2. The summed E-state index contributed by atoms with van der Waals surface area (Å²) in [5.41, 5.74) is 4.15. The molecule has 0 spiro atoms. The average molecular weight is 547 g/mol. The highest BCUT2D eigenvalue weighted by atomic mass is 16.5. The molecule has 7 nitrogen and oxygen atoms in total. The van der Waals surface area contributed by atoms with Crippen LogP contribution in [0.3, 0.4) is 0 Å². The van der Waals surface area contributed by atoms with Crippen LogP contribution in [0.1, 0.15) is 52.5 Å². The van der Waals surface area contributed by atoms with E-state index in [2.05, 4.69) is 6.92 Å². The van der Waals surface area contributed by atoms with Gasteiger partial charge in [-0.25, -0.2) is 9.78 Å². The highest BCUT2D eigenvalue weighted by molar-refractivity contribution is 6.22. The smallest absolute Gasteiger partial charge is 0.339 e. The number of hydrogen-bond acceptors (Lipinski definition) is 6. The Morgan fingerprint density at radius 3 is 2.39 bits per heavy atom. The number of rotatable bonds is 6. The fraction of sp³-hybridized carbons (Fsp3) is 0.265. The third kappa shape index (κ3) is 5.04. The summed E-state index contributed by atoms with van der Waals surface area (Å²) in [6, 6.07) is 23.1. The third-order valence-electron chi connectivity index (χ3n) is 8.22. The number of aryl methyl sites for hydroxylation is 1. The van der Waals surface area contributed by atoms with Crippen LogP contribution >= 0.6 is 0 Å². The minimum absolute atomic E-state index is 0.117. The highest BCUT2D eigenvalue weighted by Crippen LogP contribution is 2.42. The Kier molecular flexibility index (Phi) is 6.95. The lowest BCUT2D eigenvalue weighted by Gasteiger charge is -2.25. The Morgan fingerprint density at radius 1 is 0.902 bits per heavy atom. The van der Waals surface area contributed by atoms with Crippen LogP contribution in [0.2, 0.25) is 0 Å². The maximum Gasteiger partial charge on any atom is 0.339 e. The lowest BCUT2D eigenvalue weighted by atomic mass is 9.76. The Morgan fingerprint density at radius 2 is 1.63 bits per heavy atom. The molecule has 1 aliphatic carbocycles. The molecule has 1 saturated carbocycles. The number of aromatic nitrogens is 1. The second-order valence-electron chi connectivity index (χ2n) is 11.1. The van der Waals surface area contributed by atoms with Gasteiger partial charge in [-0.2, -0.15) is 0 Å². The van der Waals surface area contributed by atoms with E-state index in [1.54, 1.807) is 54.6 Å². The highest BCUT2D eigenvalue weighted by Gasteiger charge is 2.49. The molecule has 2 fully saturated rings. The van der Waals surface area contributed by atoms with Gasteiger partial charge in [-0.3, -0.25) is 19.3 Å². The lowest BCUT2D eigenvalue weighted by molar-refractivity contribution is -0.122. The number of pyridine rings is 1. The zero-order chi connectivity index (χ0) is 28.7. The van der Waals surface area contributed by atoms with Crippen molar-refractivity contribution in [1.29, 1.82) is 0 Å². The zero-order valence-corrected chi connectivity index (χ0v) is 23.0. The van der Waals surface area contributed by atoms with Crippen LogP contribution in [0.4, 0.5) is 5.69 Å². The third-order valence-corrected chi connectivity index (χ3v) is 8.22. The molecule has 0 radical (unpaired) electrons. The maximum absolute atomic E-state index is 13.3. The molecule has 7 heteroatoms. The molecule has 4 aromatic rings.